The minimum Gasteiger partial charge on any atom is -0.391 e. The number of aliphatic hydroxyl groups is 1. The van der Waals surface area contributed by atoms with E-state index in [1.165, 1.54) is 6.07 Å². The summed E-state index contributed by atoms with van der Waals surface area (Å²) in [5.41, 5.74) is 0.349. The summed E-state index contributed by atoms with van der Waals surface area (Å²) in [6.45, 7) is 0. The zero-order valence-corrected chi connectivity index (χ0v) is 11.3. The summed E-state index contributed by atoms with van der Waals surface area (Å²) < 4.78 is 0. The summed E-state index contributed by atoms with van der Waals surface area (Å²) in [6, 6.07) is 4.57. The number of hydrogen-bond acceptors (Lipinski definition) is 2. The Morgan fingerprint density at radius 1 is 1.28 bits per heavy atom. The predicted molar refractivity (Wildman–Crippen MR) is 72.2 cm³/mol. The van der Waals surface area contributed by atoms with Gasteiger partial charge < -0.3 is 10.4 Å². The first-order chi connectivity index (χ1) is 8.58. The Morgan fingerprint density at radius 3 is 2.72 bits per heavy atom. The van der Waals surface area contributed by atoms with Crippen molar-refractivity contribution in [3.05, 3.63) is 33.8 Å². The van der Waals surface area contributed by atoms with Gasteiger partial charge in [-0.05, 0) is 31.0 Å². The van der Waals surface area contributed by atoms with Crippen molar-refractivity contribution in [2.24, 2.45) is 0 Å². The van der Waals surface area contributed by atoms with Crippen LogP contribution in [-0.2, 0) is 0 Å². The molecular weight excluding hydrogens is 273 g/mol. The molecule has 1 aromatic carbocycles. The lowest BCUT2D eigenvalue weighted by molar-refractivity contribution is 0.0717. The molecule has 0 heterocycles. The van der Waals surface area contributed by atoms with Gasteiger partial charge in [0.25, 0.3) is 5.91 Å². The first-order valence-electron chi connectivity index (χ1n) is 6.02. The van der Waals surface area contributed by atoms with Crippen LogP contribution in [0.5, 0.6) is 0 Å². The predicted octanol–water partition coefficient (Wildman–Crippen LogP) is 3.03. The van der Waals surface area contributed by atoms with Crippen LogP contribution in [0.15, 0.2) is 18.2 Å². The SMILES string of the molecule is O=C(NC1CCCCC1O)c1cc(Cl)ccc1Cl. The third-order valence-electron chi connectivity index (χ3n) is 3.22. The maximum absolute atomic E-state index is 12.1. The van der Waals surface area contributed by atoms with Gasteiger partial charge in [-0.2, -0.15) is 0 Å². The van der Waals surface area contributed by atoms with E-state index in [0.717, 1.165) is 25.7 Å². The number of amides is 1. The van der Waals surface area contributed by atoms with Crippen LogP contribution < -0.4 is 5.32 Å². The second kappa shape index (κ2) is 5.91. The average molecular weight is 288 g/mol. The highest BCUT2D eigenvalue weighted by Crippen LogP contribution is 2.22. The van der Waals surface area contributed by atoms with E-state index in [2.05, 4.69) is 5.32 Å². The van der Waals surface area contributed by atoms with E-state index in [-0.39, 0.29) is 11.9 Å². The second-order valence-electron chi connectivity index (χ2n) is 4.56. The summed E-state index contributed by atoms with van der Waals surface area (Å²) in [5, 5.41) is 13.5. The molecule has 1 amide bonds. The van der Waals surface area contributed by atoms with Gasteiger partial charge in [0, 0.05) is 5.02 Å². The molecule has 0 aliphatic heterocycles. The van der Waals surface area contributed by atoms with Gasteiger partial charge in [0.15, 0.2) is 0 Å². The van der Waals surface area contributed by atoms with Crippen molar-refractivity contribution >= 4 is 29.1 Å². The molecule has 0 radical (unpaired) electrons. The molecular formula is C13H15Cl2NO2. The van der Waals surface area contributed by atoms with Gasteiger partial charge in [-0.1, -0.05) is 36.0 Å². The lowest BCUT2D eigenvalue weighted by atomic mass is 9.92. The van der Waals surface area contributed by atoms with E-state index < -0.39 is 6.10 Å². The molecule has 1 saturated carbocycles. The number of rotatable bonds is 2. The Hall–Kier alpha value is -0.770. The van der Waals surface area contributed by atoms with Gasteiger partial charge in [0.05, 0.1) is 22.7 Å². The molecule has 0 saturated heterocycles. The van der Waals surface area contributed by atoms with Gasteiger partial charge in [-0.15, -0.1) is 0 Å². The third kappa shape index (κ3) is 3.16. The Morgan fingerprint density at radius 2 is 2.00 bits per heavy atom. The number of benzene rings is 1. The summed E-state index contributed by atoms with van der Waals surface area (Å²) in [5.74, 6) is -0.284. The van der Waals surface area contributed by atoms with Gasteiger partial charge in [0.1, 0.15) is 0 Å². The van der Waals surface area contributed by atoms with Crippen molar-refractivity contribution in [1.82, 2.24) is 5.32 Å². The lowest BCUT2D eigenvalue weighted by Crippen LogP contribution is -2.45. The molecule has 1 fully saturated rings. The van der Waals surface area contributed by atoms with Crippen molar-refractivity contribution in [3.8, 4) is 0 Å². The van der Waals surface area contributed by atoms with Gasteiger partial charge >= 0.3 is 0 Å². The summed E-state index contributed by atoms with van der Waals surface area (Å²) in [4.78, 5) is 12.1. The van der Waals surface area contributed by atoms with Gasteiger partial charge in [0.2, 0.25) is 0 Å². The van der Waals surface area contributed by atoms with E-state index in [0.29, 0.717) is 15.6 Å². The minimum absolute atomic E-state index is 0.193. The smallest absolute Gasteiger partial charge is 0.253 e. The molecule has 2 unspecified atom stereocenters. The number of carbonyl (C=O) groups is 1. The summed E-state index contributed by atoms with van der Waals surface area (Å²) >= 11 is 11.8. The van der Waals surface area contributed by atoms with Gasteiger partial charge in [-0.3, -0.25) is 4.79 Å². The van der Waals surface area contributed by atoms with Crippen LogP contribution in [0, 0.1) is 0 Å². The molecule has 2 N–H and O–H groups in total. The van der Waals surface area contributed by atoms with Gasteiger partial charge in [-0.25, -0.2) is 0 Å². The Kier molecular flexibility index (Phi) is 4.49. The molecule has 3 nitrogen and oxygen atoms in total. The molecule has 1 aromatic rings. The highest BCUT2D eigenvalue weighted by Gasteiger charge is 2.25. The van der Waals surface area contributed by atoms with Crippen LogP contribution in [0.3, 0.4) is 0 Å². The lowest BCUT2D eigenvalue weighted by Gasteiger charge is -2.28. The van der Waals surface area contributed by atoms with Crippen LogP contribution in [0.25, 0.3) is 0 Å². The standard InChI is InChI=1S/C13H15Cl2NO2/c14-8-5-6-10(15)9(7-8)13(18)16-11-3-1-2-4-12(11)17/h5-7,11-12,17H,1-4H2,(H,16,18). The zero-order chi connectivity index (χ0) is 13.1. The van der Waals surface area contributed by atoms with Crippen LogP contribution in [-0.4, -0.2) is 23.2 Å². The molecule has 1 aliphatic rings. The topological polar surface area (TPSA) is 49.3 Å². The Balaban J connectivity index is 2.09. The molecule has 1 aliphatic carbocycles. The molecule has 98 valence electrons. The fraction of sp³-hybridized carbons (Fsp3) is 0.462. The maximum atomic E-state index is 12.1. The monoisotopic (exact) mass is 287 g/mol. The molecule has 5 heteroatoms. The Bertz CT molecular complexity index is 451. The first-order valence-corrected chi connectivity index (χ1v) is 6.77. The van der Waals surface area contributed by atoms with Crippen LogP contribution in [0.4, 0.5) is 0 Å². The van der Waals surface area contributed by atoms with Crippen LogP contribution >= 0.6 is 23.2 Å². The minimum atomic E-state index is -0.472. The van der Waals surface area contributed by atoms with Crippen molar-refractivity contribution in [2.75, 3.05) is 0 Å². The number of hydrogen-bond donors (Lipinski definition) is 2. The first kappa shape index (κ1) is 13.7. The van der Waals surface area contributed by atoms with Crippen molar-refractivity contribution in [3.63, 3.8) is 0 Å². The number of carbonyl (C=O) groups excluding carboxylic acids is 1. The number of aliphatic hydroxyl groups excluding tert-OH is 1. The largest absolute Gasteiger partial charge is 0.391 e. The zero-order valence-electron chi connectivity index (χ0n) is 9.83. The van der Waals surface area contributed by atoms with E-state index >= 15 is 0 Å². The Labute approximate surface area is 116 Å². The maximum Gasteiger partial charge on any atom is 0.253 e. The number of halogens is 2. The highest BCUT2D eigenvalue weighted by atomic mass is 35.5. The molecule has 0 bridgehead atoms. The summed E-state index contributed by atoms with van der Waals surface area (Å²) in [7, 11) is 0. The van der Waals surface area contributed by atoms with Crippen molar-refractivity contribution in [1.29, 1.82) is 0 Å². The molecule has 0 spiro atoms. The fourth-order valence-corrected chi connectivity index (χ4v) is 2.57. The molecule has 2 atom stereocenters. The van der Waals surface area contributed by atoms with Crippen LogP contribution in [0.2, 0.25) is 10.0 Å². The van der Waals surface area contributed by atoms with Crippen molar-refractivity contribution < 1.29 is 9.90 Å². The van der Waals surface area contributed by atoms with Crippen molar-refractivity contribution in [2.45, 2.75) is 37.8 Å². The molecule has 18 heavy (non-hydrogen) atoms. The normalized spacial score (nSPS) is 23.7. The van der Waals surface area contributed by atoms with E-state index in [9.17, 15) is 9.90 Å². The third-order valence-corrected chi connectivity index (χ3v) is 3.78. The van der Waals surface area contributed by atoms with E-state index in [4.69, 9.17) is 23.2 Å². The fourth-order valence-electron chi connectivity index (χ4n) is 2.20. The molecule has 0 aromatic heterocycles. The highest BCUT2D eigenvalue weighted by molar-refractivity contribution is 6.35. The van der Waals surface area contributed by atoms with Crippen LogP contribution in [0.1, 0.15) is 36.0 Å². The van der Waals surface area contributed by atoms with E-state index in [1.54, 1.807) is 12.1 Å². The quantitative estimate of drug-likeness (QED) is 0.878. The molecule has 2 rings (SSSR count). The number of nitrogens with one attached hydrogen (secondary N) is 1. The second-order valence-corrected chi connectivity index (χ2v) is 5.40. The summed E-state index contributed by atoms with van der Waals surface area (Å²) in [6.07, 6.45) is 3.08. The average Bonchev–Trinajstić information content (AvgIpc) is 2.35. The van der Waals surface area contributed by atoms with E-state index in [1.807, 2.05) is 0 Å².